The molecule has 51 heavy (non-hydrogen) atoms. The van der Waals surface area contributed by atoms with E-state index in [2.05, 4.69) is 188 Å². The summed E-state index contributed by atoms with van der Waals surface area (Å²) < 4.78 is 0. The SMILES string of the molecule is CC(C)(C)c1cc2c3c(c1)N1c4ccccc4Sc4cccc(c41)B3N1c3ccccc3[Si](c3ccccc3)(c3ccccc3)c3cccc-2c31. The lowest BCUT2D eigenvalue weighted by Gasteiger charge is -2.53. The van der Waals surface area contributed by atoms with E-state index in [9.17, 15) is 0 Å². The minimum Gasteiger partial charge on any atom is -0.376 e. The highest BCUT2D eigenvalue weighted by molar-refractivity contribution is 7.99. The molecule has 11 rings (SSSR count). The van der Waals surface area contributed by atoms with Gasteiger partial charge in [-0.25, -0.2) is 0 Å². The molecule has 0 saturated heterocycles. The van der Waals surface area contributed by atoms with Crippen LogP contribution in [-0.4, -0.2) is 14.9 Å². The number of anilines is 5. The zero-order valence-corrected chi connectivity index (χ0v) is 30.7. The average Bonchev–Trinajstić information content (AvgIpc) is 3.17. The Bertz CT molecular complexity index is 2540. The van der Waals surface area contributed by atoms with Crippen molar-refractivity contribution in [1.29, 1.82) is 0 Å². The van der Waals surface area contributed by atoms with Crippen LogP contribution < -0.4 is 41.4 Å². The summed E-state index contributed by atoms with van der Waals surface area (Å²) in [6.45, 7) is 7.09. The van der Waals surface area contributed by atoms with E-state index in [4.69, 9.17) is 0 Å². The van der Waals surface area contributed by atoms with Crippen molar-refractivity contribution in [2.24, 2.45) is 0 Å². The Morgan fingerprint density at radius 3 is 1.90 bits per heavy atom. The van der Waals surface area contributed by atoms with Crippen LogP contribution in [0.1, 0.15) is 26.3 Å². The Labute approximate surface area is 305 Å². The van der Waals surface area contributed by atoms with E-state index in [1.165, 1.54) is 86.6 Å². The first-order chi connectivity index (χ1) is 25.0. The molecule has 5 heteroatoms. The van der Waals surface area contributed by atoms with Gasteiger partial charge in [0.25, 0.3) is 0 Å². The van der Waals surface area contributed by atoms with Gasteiger partial charge in [0.15, 0.2) is 8.07 Å². The maximum absolute atomic E-state index is 2.76. The number of hydrogen-bond acceptors (Lipinski definition) is 3. The summed E-state index contributed by atoms with van der Waals surface area (Å²) in [5, 5.41) is 5.77. The molecule has 2 nitrogen and oxygen atoms in total. The molecule has 0 saturated carbocycles. The van der Waals surface area contributed by atoms with E-state index in [0.717, 1.165) is 0 Å². The van der Waals surface area contributed by atoms with Crippen molar-refractivity contribution in [1.82, 2.24) is 0 Å². The number of benzene rings is 7. The van der Waals surface area contributed by atoms with Crippen molar-refractivity contribution in [3.8, 4) is 11.1 Å². The molecule has 242 valence electrons. The molecule has 0 aliphatic carbocycles. The van der Waals surface area contributed by atoms with Gasteiger partial charge in [0, 0.05) is 32.4 Å². The van der Waals surface area contributed by atoms with Gasteiger partial charge < -0.3 is 9.71 Å². The Kier molecular flexibility index (Phi) is 6.02. The lowest BCUT2D eigenvalue weighted by molar-refractivity contribution is 0.590. The zero-order valence-electron chi connectivity index (χ0n) is 28.9. The quantitative estimate of drug-likeness (QED) is 0.171. The molecule has 0 bridgehead atoms. The molecule has 0 amide bonds. The molecular weight excluding hydrogens is 651 g/mol. The largest absolute Gasteiger partial charge is 0.376 e. The van der Waals surface area contributed by atoms with Gasteiger partial charge in [-0.2, -0.15) is 0 Å². The van der Waals surface area contributed by atoms with E-state index in [-0.39, 0.29) is 12.3 Å². The second kappa shape index (κ2) is 10.4. The third-order valence-electron chi connectivity index (χ3n) is 11.6. The van der Waals surface area contributed by atoms with Gasteiger partial charge in [-0.05, 0) is 78.5 Å². The van der Waals surface area contributed by atoms with E-state index in [0.29, 0.717) is 0 Å². The number of nitrogens with zero attached hydrogens (tertiary/aromatic N) is 2. The van der Waals surface area contributed by atoms with Crippen molar-refractivity contribution in [2.45, 2.75) is 36.0 Å². The second-order valence-electron chi connectivity index (χ2n) is 15.3. The standard InChI is InChI=1S/C46H35BN2SSi/c1-46(2,3)30-28-34-33-20-14-27-42-44(33)49(37-23-11-13-26-41(37)51(42,31-16-6-4-7-17-31)32-18-8-5-9-19-32)47-35-21-15-25-40-45(35)48(38(29-30)43(34)47)36-22-10-12-24-39(36)50-40/h4-29H,1-3H3. The minimum atomic E-state index is -2.76. The van der Waals surface area contributed by atoms with Crippen molar-refractivity contribution in [3.63, 3.8) is 0 Å². The molecule has 7 aromatic rings. The summed E-state index contributed by atoms with van der Waals surface area (Å²) >= 11 is 1.91. The van der Waals surface area contributed by atoms with Crippen LogP contribution in [0.15, 0.2) is 168 Å². The van der Waals surface area contributed by atoms with Crippen LogP contribution in [0.25, 0.3) is 11.1 Å². The van der Waals surface area contributed by atoms with Crippen molar-refractivity contribution in [3.05, 3.63) is 163 Å². The van der Waals surface area contributed by atoms with Gasteiger partial charge in [-0.3, -0.25) is 0 Å². The fraction of sp³-hybridized carbons (Fsp3) is 0.0870. The van der Waals surface area contributed by atoms with Crippen molar-refractivity contribution >= 4 is 86.8 Å². The topological polar surface area (TPSA) is 6.48 Å². The minimum absolute atomic E-state index is 0.0226. The molecule has 4 heterocycles. The highest BCUT2D eigenvalue weighted by Crippen LogP contribution is 2.55. The smallest absolute Gasteiger partial charge is 0.333 e. The fourth-order valence-corrected chi connectivity index (χ4v) is 15.8. The number of hydrogen-bond donors (Lipinski definition) is 0. The van der Waals surface area contributed by atoms with Crippen molar-refractivity contribution < 1.29 is 0 Å². The van der Waals surface area contributed by atoms with Gasteiger partial charge in [-0.1, -0.05) is 160 Å². The van der Waals surface area contributed by atoms with Crippen LogP contribution in [0.4, 0.5) is 28.4 Å². The van der Waals surface area contributed by atoms with Crippen LogP contribution in [0.5, 0.6) is 0 Å². The number of fused-ring (bicyclic) bond motifs is 8. The lowest BCUT2D eigenvalue weighted by atomic mass is 9.43. The maximum Gasteiger partial charge on any atom is 0.333 e. The molecule has 0 fully saturated rings. The van der Waals surface area contributed by atoms with Gasteiger partial charge >= 0.3 is 6.85 Å². The Morgan fingerprint density at radius 1 is 0.529 bits per heavy atom. The van der Waals surface area contributed by atoms with Crippen LogP contribution in [0.2, 0.25) is 0 Å². The number of rotatable bonds is 2. The summed E-state index contributed by atoms with van der Waals surface area (Å²) in [7, 11) is -2.76. The molecule has 0 unspecified atom stereocenters. The van der Waals surface area contributed by atoms with E-state index in [1.54, 1.807) is 0 Å². The Morgan fingerprint density at radius 2 is 1.16 bits per heavy atom. The van der Waals surface area contributed by atoms with Gasteiger partial charge in [0.2, 0.25) is 0 Å². The van der Waals surface area contributed by atoms with Crippen LogP contribution >= 0.6 is 11.8 Å². The molecular formula is C46H35BN2SSi. The molecule has 4 aliphatic rings. The molecule has 7 aromatic carbocycles. The normalized spacial score (nSPS) is 15.3. The van der Waals surface area contributed by atoms with Gasteiger partial charge in [0.1, 0.15) is 0 Å². The molecule has 0 N–H and O–H groups in total. The first kappa shape index (κ1) is 29.5. The monoisotopic (exact) mass is 686 g/mol. The van der Waals surface area contributed by atoms with Crippen LogP contribution in [0, 0.1) is 0 Å². The molecule has 4 aliphatic heterocycles. The van der Waals surface area contributed by atoms with Gasteiger partial charge in [0.05, 0.1) is 11.4 Å². The fourth-order valence-electron chi connectivity index (χ4n) is 9.51. The first-order valence-electron chi connectivity index (χ1n) is 18.0. The first-order valence-corrected chi connectivity index (χ1v) is 20.8. The summed E-state index contributed by atoms with van der Waals surface area (Å²) in [6.07, 6.45) is 0. The number of para-hydroxylation sites is 4. The molecule has 0 aromatic heterocycles. The van der Waals surface area contributed by atoms with E-state index >= 15 is 0 Å². The maximum atomic E-state index is 2.75. The second-order valence-corrected chi connectivity index (χ2v) is 20.1. The highest BCUT2D eigenvalue weighted by atomic mass is 32.2. The van der Waals surface area contributed by atoms with E-state index in [1.807, 2.05) is 11.8 Å². The molecule has 0 radical (unpaired) electrons. The highest BCUT2D eigenvalue weighted by Gasteiger charge is 2.55. The van der Waals surface area contributed by atoms with Crippen molar-refractivity contribution in [2.75, 3.05) is 9.71 Å². The van der Waals surface area contributed by atoms with E-state index < -0.39 is 8.07 Å². The summed E-state index contributed by atoms with van der Waals surface area (Å²) in [4.78, 5) is 7.97. The Hall–Kier alpha value is -5.23. The predicted molar refractivity (Wildman–Crippen MR) is 220 cm³/mol. The van der Waals surface area contributed by atoms with Crippen LogP contribution in [-0.2, 0) is 5.41 Å². The molecule has 0 spiro atoms. The lowest BCUT2D eigenvalue weighted by Crippen LogP contribution is -2.79. The summed E-state index contributed by atoms with van der Waals surface area (Å²) in [6, 6.07) is 60.4. The van der Waals surface area contributed by atoms with Crippen LogP contribution in [0.3, 0.4) is 0 Å². The third-order valence-corrected chi connectivity index (χ3v) is 17.6. The summed E-state index contributed by atoms with van der Waals surface area (Å²) in [5.74, 6) is 0. The average molecular weight is 687 g/mol. The van der Waals surface area contributed by atoms with Gasteiger partial charge in [-0.15, -0.1) is 0 Å². The summed E-state index contributed by atoms with van der Waals surface area (Å²) in [5.41, 5.74) is 13.4. The Balaban J connectivity index is 1.33. The zero-order chi connectivity index (χ0) is 34.1. The predicted octanol–water partition coefficient (Wildman–Crippen LogP) is 7.85. The molecule has 0 atom stereocenters. The third kappa shape index (κ3) is 3.80.